The smallest absolute Gasteiger partial charge is 0.0756 e. The molecule has 0 aromatic rings. The summed E-state index contributed by atoms with van der Waals surface area (Å²) >= 11 is 0. The molecule has 0 amide bonds. The average Bonchev–Trinajstić information content (AvgIpc) is 2.78. The molecule has 1 spiro atoms. The predicted molar refractivity (Wildman–Crippen MR) is 84.1 cm³/mol. The average molecular weight is 289 g/mol. The fourth-order valence-corrected chi connectivity index (χ4v) is 7.27. The van der Waals surface area contributed by atoms with Gasteiger partial charge in [0.1, 0.15) is 0 Å². The van der Waals surface area contributed by atoms with Crippen LogP contribution >= 0.6 is 0 Å². The van der Waals surface area contributed by atoms with E-state index < -0.39 is 0 Å². The van der Waals surface area contributed by atoms with E-state index in [1.165, 1.54) is 51.5 Å². The maximum absolute atomic E-state index is 6.66. The van der Waals surface area contributed by atoms with Crippen LogP contribution in [0.5, 0.6) is 0 Å². The molecule has 1 aliphatic heterocycles. The van der Waals surface area contributed by atoms with Gasteiger partial charge in [0.05, 0.1) is 12.7 Å². The monoisotopic (exact) mass is 289 g/mol. The van der Waals surface area contributed by atoms with Gasteiger partial charge in [-0.3, -0.25) is 0 Å². The third kappa shape index (κ3) is 2.12. The Balaban J connectivity index is 1.36. The molecule has 118 valence electrons. The van der Waals surface area contributed by atoms with E-state index in [2.05, 4.69) is 5.32 Å². The normalized spacial score (nSPS) is 51.4. The summed E-state index contributed by atoms with van der Waals surface area (Å²) in [5, 5.41) is 3.83. The third-order valence-corrected chi connectivity index (χ3v) is 7.85. The molecule has 0 aromatic carbocycles. The Morgan fingerprint density at radius 1 is 0.857 bits per heavy atom. The minimum atomic E-state index is 0.497. The van der Waals surface area contributed by atoms with Crippen molar-refractivity contribution in [3.63, 3.8) is 0 Å². The molecule has 6 rings (SSSR count). The van der Waals surface area contributed by atoms with Crippen LogP contribution < -0.4 is 5.32 Å². The van der Waals surface area contributed by atoms with E-state index in [0.717, 1.165) is 30.9 Å². The summed E-state index contributed by atoms with van der Waals surface area (Å²) in [6, 6.07) is 0. The summed E-state index contributed by atoms with van der Waals surface area (Å²) in [6.07, 6.45) is 15.2. The van der Waals surface area contributed by atoms with Crippen LogP contribution in [0.4, 0.5) is 0 Å². The second kappa shape index (κ2) is 4.71. The SMILES string of the molecule is C1CCC2(C1)CNCC(C13CC4CC(CC(C4)C1)C3)OC2. The molecule has 1 heterocycles. The lowest BCUT2D eigenvalue weighted by molar-refractivity contribution is -0.144. The van der Waals surface area contributed by atoms with Crippen LogP contribution in [0.15, 0.2) is 0 Å². The molecule has 2 nitrogen and oxygen atoms in total. The first-order valence-corrected chi connectivity index (χ1v) is 9.58. The van der Waals surface area contributed by atoms with E-state index in [4.69, 9.17) is 4.74 Å². The van der Waals surface area contributed by atoms with Crippen LogP contribution in [0, 0.1) is 28.6 Å². The Morgan fingerprint density at radius 2 is 1.48 bits per heavy atom. The number of ether oxygens (including phenoxy) is 1. The summed E-state index contributed by atoms with van der Waals surface area (Å²) in [5.41, 5.74) is 1.06. The maximum Gasteiger partial charge on any atom is 0.0756 e. The highest BCUT2D eigenvalue weighted by molar-refractivity contribution is 5.06. The Labute approximate surface area is 129 Å². The quantitative estimate of drug-likeness (QED) is 0.794. The molecule has 5 aliphatic carbocycles. The largest absolute Gasteiger partial charge is 0.376 e. The molecule has 1 saturated heterocycles. The Morgan fingerprint density at radius 3 is 2.10 bits per heavy atom. The highest BCUT2D eigenvalue weighted by Crippen LogP contribution is 2.62. The standard InChI is InChI=1S/C19H31NO/c1-2-4-18(3-1)12-20-11-17(21-13-18)19-8-14-5-15(9-19)7-16(6-14)10-19/h14-17,20H,1-13H2. The lowest BCUT2D eigenvalue weighted by atomic mass is 9.48. The van der Waals surface area contributed by atoms with Gasteiger partial charge >= 0.3 is 0 Å². The Kier molecular flexibility index (Phi) is 3.00. The fourth-order valence-electron chi connectivity index (χ4n) is 7.27. The molecule has 4 bridgehead atoms. The minimum Gasteiger partial charge on any atom is -0.376 e. The van der Waals surface area contributed by atoms with Gasteiger partial charge in [0.25, 0.3) is 0 Å². The molecule has 5 saturated carbocycles. The zero-order chi connectivity index (χ0) is 13.9. The summed E-state index contributed by atoms with van der Waals surface area (Å²) in [7, 11) is 0. The number of rotatable bonds is 1. The minimum absolute atomic E-state index is 0.497. The lowest BCUT2D eigenvalue weighted by Gasteiger charge is -2.59. The van der Waals surface area contributed by atoms with Gasteiger partial charge in [-0.2, -0.15) is 0 Å². The van der Waals surface area contributed by atoms with Crippen LogP contribution in [-0.2, 0) is 4.74 Å². The maximum atomic E-state index is 6.66. The second-order valence-electron chi connectivity index (χ2n) is 9.42. The van der Waals surface area contributed by atoms with Crippen molar-refractivity contribution in [1.29, 1.82) is 0 Å². The van der Waals surface area contributed by atoms with Crippen molar-refractivity contribution in [2.24, 2.45) is 28.6 Å². The summed E-state index contributed by atoms with van der Waals surface area (Å²) in [4.78, 5) is 0. The predicted octanol–water partition coefficient (Wildman–Crippen LogP) is 3.75. The fraction of sp³-hybridized carbons (Fsp3) is 1.00. The molecular weight excluding hydrogens is 258 g/mol. The van der Waals surface area contributed by atoms with Crippen molar-refractivity contribution in [3.8, 4) is 0 Å². The summed E-state index contributed by atoms with van der Waals surface area (Å²) in [5.74, 6) is 3.13. The number of hydrogen-bond donors (Lipinski definition) is 1. The first-order valence-electron chi connectivity index (χ1n) is 9.58. The van der Waals surface area contributed by atoms with Gasteiger partial charge in [0, 0.05) is 18.5 Å². The molecular formula is C19H31NO. The van der Waals surface area contributed by atoms with Crippen LogP contribution in [0.25, 0.3) is 0 Å². The first kappa shape index (κ1) is 13.4. The van der Waals surface area contributed by atoms with E-state index in [9.17, 15) is 0 Å². The third-order valence-electron chi connectivity index (χ3n) is 7.85. The van der Waals surface area contributed by atoms with E-state index >= 15 is 0 Å². The topological polar surface area (TPSA) is 21.3 Å². The van der Waals surface area contributed by atoms with Gasteiger partial charge < -0.3 is 10.1 Å². The molecule has 21 heavy (non-hydrogen) atoms. The molecule has 1 atom stereocenters. The van der Waals surface area contributed by atoms with Crippen molar-refractivity contribution in [2.45, 2.75) is 70.3 Å². The Bertz CT molecular complexity index is 377. The van der Waals surface area contributed by atoms with Gasteiger partial charge in [-0.15, -0.1) is 0 Å². The van der Waals surface area contributed by atoms with Crippen molar-refractivity contribution in [1.82, 2.24) is 5.32 Å². The van der Waals surface area contributed by atoms with Gasteiger partial charge in [0.2, 0.25) is 0 Å². The molecule has 0 radical (unpaired) electrons. The van der Waals surface area contributed by atoms with Crippen LogP contribution in [0.1, 0.15) is 64.2 Å². The van der Waals surface area contributed by atoms with Crippen molar-refractivity contribution in [3.05, 3.63) is 0 Å². The molecule has 6 fully saturated rings. The number of hydrogen-bond acceptors (Lipinski definition) is 2. The molecule has 1 N–H and O–H groups in total. The van der Waals surface area contributed by atoms with Crippen LogP contribution in [-0.4, -0.2) is 25.8 Å². The van der Waals surface area contributed by atoms with Gasteiger partial charge in [-0.1, -0.05) is 12.8 Å². The van der Waals surface area contributed by atoms with Gasteiger partial charge in [-0.25, -0.2) is 0 Å². The highest BCUT2D eigenvalue weighted by Gasteiger charge is 2.55. The van der Waals surface area contributed by atoms with Crippen molar-refractivity contribution >= 4 is 0 Å². The van der Waals surface area contributed by atoms with Crippen LogP contribution in [0.2, 0.25) is 0 Å². The molecule has 1 unspecified atom stereocenters. The highest BCUT2D eigenvalue weighted by atomic mass is 16.5. The summed E-state index contributed by atoms with van der Waals surface area (Å²) in [6.45, 7) is 3.40. The van der Waals surface area contributed by atoms with Crippen LogP contribution in [0.3, 0.4) is 0 Å². The van der Waals surface area contributed by atoms with Gasteiger partial charge in [-0.05, 0) is 74.5 Å². The van der Waals surface area contributed by atoms with Crippen molar-refractivity contribution < 1.29 is 4.74 Å². The zero-order valence-electron chi connectivity index (χ0n) is 13.4. The molecule has 2 heteroatoms. The zero-order valence-corrected chi connectivity index (χ0v) is 13.4. The van der Waals surface area contributed by atoms with Crippen molar-refractivity contribution in [2.75, 3.05) is 19.7 Å². The van der Waals surface area contributed by atoms with E-state index in [1.54, 1.807) is 19.3 Å². The summed E-state index contributed by atoms with van der Waals surface area (Å²) < 4.78 is 6.66. The molecule has 6 aliphatic rings. The van der Waals surface area contributed by atoms with E-state index in [1.807, 2.05) is 0 Å². The van der Waals surface area contributed by atoms with Gasteiger partial charge in [0.15, 0.2) is 0 Å². The second-order valence-corrected chi connectivity index (χ2v) is 9.42. The molecule has 0 aromatic heterocycles. The van der Waals surface area contributed by atoms with E-state index in [-0.39, 0.29) is 0 Å². The first-order chi connectivity index (χ1) is 10.3. The van der Waals surface area contributed by atoms with E-state index in [0.29, 0.717) is 16.9 Å². The Hall–Kier alpha value is -0.0800. The number of nitrogens with one attached hydrogen (secondary N) is 1. The lowest BCUT2D eigenvalue weighted by Crippen LogP contribution is -2.54.